The van der Waals surface area contributed by atoms with Crippen molar-refractivity contribution in [3.8, 4) is 0 Å². The van der Waals surface area contributed by atoms with Crippen LogP contribution in [0, 0.1) is 0 Å². The van der Waals surface area contributed by atoms with Crippen LogP contribution in [0.4, 0.5) is 13.2 Å². The van der Waals surface area contributed by atoms with E-state index >= 15 is 0 Å². The van der Waals surface area contributed by atoms with Crippen molar-refractivity contribution in [2.45, 2.75) is 5.51 Å². The van der Waals surface area contributed by atoms with Crippen LogP contribution in [0.1, 0.15) is 20.7 Å². The molecule has 0 saturated heterocycles. The van der Waals surface area contributed by atoms with E-state index in [4.69, 9.17) is 0 Å². The van der Waals surface area contributed by atoms with E-state index in [0.29, 0.717) is 10.8 Å². The molecule has 0 bridgehead atoms. The third kappa shape index (κ3) is 2.31. The monoisotopic (exact) mass is 345 g/mol. The van der Waals surface area contributed by atoms with Gasteiger partial charge in [0.25, 0.3) is 0 Å². The van der Waals surface area contributed by atoms with E-state index in [-0.39, 0.29) is 16.2 Å². The summed E-state index contributed by atoms with van der Waals surface area (Å²) in [6, 6.07) is 9.06. The molecule has 2 aromatic rings. The van der Waals surface area contributed by atoms with Gasteiger partial charge >= 0.3 is 27.4 Å². The first kappa shape index (κ1) is 15.6. The number of hydrogen-bond acceptors (Lipinski definition) is 5. The minimum absolute atomic E-state index is 0.203. The van der Waals surface area contributed by atoms with Crippen LogP contribution < -0.4 is 5.06 Å². The largest absolute Gasteiger partial charge is 0.528 e. The number of alkyl halides is 3. The van der Waals surface area contributed by atoms with Crippen molar-refractivity contribution in [2.24, 2.45) is 0 Å². The van der Waals surface area contributed by atoms with Gasteiger partial charge < -0.3 is 0 Å². The summed E-state index contributed by atoms with van der Waals surface area (Å²) in [4.78, 5) is 24.2. The fraction of sp³-hybridized carbons (Fsp3) is 0.0769. The Morgan fingerprint density at radius 2 is 1.61 bits per heavy atom. The number of imide groups is 1. The molecule has 119 valence electrons. The molecule has 10 heteroatoms. The predicted octanol–water partition coefficient (Wildman–Crippen LogP) is 2.06. The van der Waals surface area contributed by atoms with Crippen LogP contribution in [0.3, 0.4) is 0 Å². The molecular weight excluding hydrogens is 339 g/mol. The summed E-state index contributed by atoms with van der Waals surface area (Å²) in [5.41, 5.74) is -6.19. The summed E-state index contributed by atoms with van der Waals surface area (Å²) in [6.07, 6.45) is 0. The molecule has 0 atom stereocenters. The molecule has 2 aromatic carbocycles. The number of carbonyl (C=O) groups is 2. The molecule has 0 unspecified atom stereocenters. The maximum Gasteiger partial charge on any atom is 0.528 e. The third-order valence-corrected chi connectivity index (χ3v) is 4.11. The van der Waals surface area contributed by atoms with Crippen LogP contribution >= 0.6 is 0 Å². The molecule has 3 rings (SSSR count). The molecule has 0 fully saturated rings. The van der Waals surface area contributed by atoms with Gasteiger partial charge in [-0.25, -0.2) is 9.59 Å². The highest BCUT2D eigenvalue weighted by Crippen LogP contribution is 2.32. The SMILES string of the molecule is O=C1c2ccc3ccccc3c2C(=O)[N+]1OS(=O)(=O)C(F)(F)F. The second-order valence-corrected chi connectivity index (χ2v) is 6.11. The van der Waals surface area contributed by atoms with E-state index in [1.54, 1.807) is 18.2 Å². The number of amides is 2. The second-order valence-electron chi connectivity index (χ2n) is 4.59. The summed E-state index contributed by atoms with van der Waals surface area (Å²) in [7, 11) is -6.13. The van der Waals surface area contributed by atoms with Gasteiger partial charge in [-0.15, -0.1) is 0 Å². The first-order chi connectivity index (χ1) is 10.6. The molecule has 6 nitrogen and oxygen atoms in total. The number of carbonyl (C=O) groups excluding carboxylic acids is 2. The van der Waals surface area contributed by atoms with Gasteiger partial charge in [0.05, 0.1) is 0 Å². The highest BCUT2D eigenvalue weighted by molar-refractivity contribution is 7.87. The zero-order chi connectivity index (χ0) is 17.0. The van der Waals surface area contributed by atoms with Gasteiger partial charge in [-0.1, -0.05) is 30.3 Å². The number of hydroxylamine groups is 2. The molecule has 1 aliphatic rings. The van der Waals surface area contributed by atoms with Gasteiger partial charge in [0.1, 0.15) is 11.1 Å². The molecule has 1 radical (unpaired) electrons. The van der Waals surface area contributed by atoms with Crippen molar-refractivity contribution < 1.29 is 35.5 Å². The molecule has 0 aliphatic carbocycles. The van der Waals surface area contributed by atoms with Crippen LogP contribution in [0.5, 0.6) is 0 Å². The second kappa shape index (κ2) is 4.85. The Hall–Kier alpha value is -2.30. The summed E-state index contributed by atoms with van der Waals surface area (Å²) < 4.78 is 62.8. The van der Waals surface area contributed by atoms with Crippen molar-refractivity contribution in [3.05, 3.63) is 47.5 Å². The Kier molecular flexibility index (Phi) is 3.29. The Morgan fingerprint density at radius 3 is 2.26 bits per heavy atom. The minimum Gasteiger partial charge on any atom is -0.215 e. The number of benzene rings is 2. The normalized spacial score (nSPS) is 16.1. The molecule has 23 heavy (non-hydrogen) atoms. The van der Waals surface area contributed by atoms with Crippen LogP contribution in [-0.2, 0) is 14.4 Å². The topological polar surface area (TPSA) is 83.4 Å². The highest BCUT2D eigenvalue weighted by atomic mass is 32.2. The lowest BCUT2D eigenvalue weighted by Gasteiger charge is -2.03. The zero-order valence-corrected chi connectivity index (χ0v) is 11.8. The maximum atomic E-state index is 12.4. The fourth-order valence-electron chi connectivity index (χ4n) is 2.19. The standard InChI is InChI=1S/C13H6F3NO5S/c14-13(15,16)23(20,21)22-17-11(18)9-6-5-7-3-1-2-4-8(7)10(9)12(17)19/h1-6H/q+1. The molecule has 2 amide bonds. The van der Waals surface area contributed by atoms with Crippen LogP contribution in [0.25, 0.3) is 10.8 Å². The lowest BCUT2D eigenvalue weighted by molar-refractivity contribution is -0.0626. The Morgan fingerprint density at radius 1 is 0.957 bits per heavy atom. The van der Waals surface area contributed by atoms with E-state index in [1.165, 1.54) is 18.2 Å². The average Bonchev–Trinajstić information content (AvgIpc) is 2.71. The molecular formula is C13H6F3NO5S+. The van der Waals surface area contributed by atoms with Crippen molar-refractivity contribution in [2.75, 3.05) is 0 Å². The van der Waals surface area contributed by atoms with Crippen molar-refractivity contribution in [3.63, 3.8) is 0 Å². The van der Waals surface area contributed by atoms with Crippen molar-refractivity contribution in [1.82, 2.24) is 5.06 Å². The van der Waals surface area contributed by atoms with Crippen molar-refractivity contribution >= 4 is 32.7 Å². The van der Waals surface area contributed by atoms with Gasteiger partial charge in [-0.3, -0.25) is 0 Å². The lowest BCUT2D eigenvalue weighted by atomic mass is 10.0. The van der Waals surface area contributed by atoms with Crippen LogP contribution in [0.2, 0.25) is 0 Å². The average molecular weight is 345 g/mol. The number of hydrogen-bond donors (Lipinski definition) is 0. The summed E-state index contributed by atoms with van der Waals surface area (Å²) in [5, 5.41) is 0.478. The van der Waals surface area contributed by atoms with E-state index in [2.05, 4.69) is 4.28 Å². The number of halogens is 3. The molecule has 0 saturated carbocycles. The quantitative estimate of drug-likeness (QED) is 0.473. The van der Waals surface area contributed by atoms with E-state index in [9.17, 15) is 31.2 Å². The Labute approximate surface area is 127 Å². The summed E-state index contributed by atoms with van der Waals surface area (Å²) >= 11 is 0. The molecule has 1 heterocycles. The van der Waals surface area contributed by atoms with Gasteiger partial charge in [0.15, 0.2) is 5.06 Å². The third-order valence-electron chi connectivity index (χ3n) is 3.20. The molecule has 0 spiro atoms. The lowest BCUT2D eigenvalue weighted by Crippen LogP contribution is -2.42. The van der Waals surface area contributed by atoms with Crippen molar-refractivity contribution in [1.29, 1.82) is 0 Å². The fourth-order valence-corrected chi connectivity index (χ4v) is 2.61. The number of rotatable bonds is 2. The molecule has 0 aromatic heterocycles. The Bertz CT molecular complexity index is 952. The predicted molar refractivity (Wildman–Crippen MR) is 70.8 cm³/mol. The zero-order valence-electron chi connectivity index (χ0n) is 11.0. The number of fused-ring (bicyclic) bond motifs is 3. The van der Waals surface area contributed by atoms with E-state index in [0.717, 1.165) is 0 Å². The van der Waals surface area contributed by atoms with E-state index in [1.807, 2.05) is 0 Å². The summed E-state index contributed by atoms with van der Waals surface area (Å²) in [5.74, 6) is -2.54. The smallest absolute Gasteiger partial charge is 0.215 e. The number of nitrogens with zero attached hydrogens (tertiary/aromatic N) is 1. The van der Waals surface area contributed by atoms with Gasteiger partial charge in [0, 0.05) is 4.28 Å². The minimum atomic E-state index is -6.13. The van der Waals surface area contributed by atoms with E-state index < -0.39 is 27.4 Å². The highest BCUT2D eigenvalue weighted by Gasteiger charge is 2.60. The maximum absolute atomic E-state index is 12.4. The van der Waals surface area contributed by atoms with Gasteiger partial charge in [-0.2, -0.15) is 21.6 Å². The van der Waals surface area contributed by atoms with Crippen LogP contribution in [0.15, 0.2) is 36.4 Å². The molecule has 0 N–H and O–H groups in total. The first-order valence-electron chi connectivity index (χ1n) is 6.05. The summed E-state index contributed by atoms with van der Waals surface area (Å²) in [6.45, 7) is 0. The first-order valence-corrected chi connectivity index (χ1v) is 7.46. The van der Waals surface area contributed by atoms with Gasteiger partial charge in [0.2, 0.25) is 0 Å². The Balaban J connectivity index is 2.10. The van der Waals surface area contributed by atoms with Crippen LogP contribution in [-0.4, -0.2) is 25.7 Å². The molecule has 1 aliphatic heterocycles. The van der Waals surface area contributed by atoms with Gasteiger partial charge in [-0.05, 0) is 16.8 Å².